The highest BCUT2D eigenvalue weighted by atomic mass is 16.3. The van der Waals surface area contributed by atoms with E-state index in [1.807, 2.05) is 24.3 Å². The van der Waals surface area contributed by atoms with Crippen molar-refractivity contribution in [1.29, 1.82) is 0 Å². The maximum absolute atomic E-state index is 13.0. The molecule has 0 radical (unpaired) electrons. The first-order valence-electron chi connectivity index (χ1n) is 12.4. The number of amides is 1. The van der Waals surface area contributed by atoms with E-state index < -0.39 is 0 Å². The van der Waals surface area contributed by atoms with Crippen LogP contribution in [0.2, 0.25) is 0 Å². The Morgan fingerprint density at radius 1 is 1.11 bits per heavy atom. The van der Waals surface area contributed by atoms with E-state index in [9.17, 15) is 9.90 Å². The normalized spacial score (nSPS) is 17.7. The number of aromatic nitrogens is 3. The van der Waals surface area contributed by atoms with Crippen molar-refractivity contribution in [3.63, 3.8) is 0 Å². The molecule has 3 heterocycles. The topological polar surface area (TPSA) is 125 Å². The maximum Gasteiger partial charge on any atom is 0.256 e. The molecule has 186 valence electrons. The minimum absolute atomic E-state index is 0.191. The zero-order chi connectivity index (χ0) is 24.5. The van der Waals surface area contributed by atoms with Gasteiger partial charge in [-0.1, -0.05) is 19.4 Å². The number of furan rings is 1. The van der Waals surface area contributed by atoms with E-state index in [1.165, 1.54) is 0 Å². The molecule has 0 saturated heterocycles. The second-order valence-corrected chi connectivity index (χ2v) is 9.00. The molecule has 9 heteroatoms. The van der Waals surface area contributed by atoms with E-state index in [4.69, 9.17) is 4.42 Å². The van der Waals surface area contributed by atoms with Crippen LogP contribution in [0.5, 0.6) is 0 Å². The van der Waals surface area contributed by atoms with Gasteiger partial charge in [-0.25, -0.2) is 4.98 Å². The van der Waals surface area contributed by atoms with E-state index in [2.05, 4.69) is 37.8 Å². The molecule has 1 aliphatic rings. The molecule has 0 aromatic carbocycles. The summed E-state index contributed by atoms with van der Waals surface area (Å²) in [6.45, 7) is 3.95. The molecule has 1 fully saturated rings. The summed E-state index contributed by atoms with van der Waals surface area (Å²) < 4.78 is 5.37. The number of aliphatic hydroxyl groups excluding tert-OH is 1. The molecule has 1 saturated carbocycles. The molecule has 3 aromatic rings. The van der Waals surface area contributed by atoms with Crippen molar-refractivity contribution in [3.8, 4) is 11.5 Å². The van der Waals surface area contributed by atoms with Gasteiger partial charge in [-0.15, -0.1) is 0 Å². The summed E-state index contributed by atoms with van der Waals surface area (Å²) in [5.74, 6) is 1.93. The van der Waals surface area contributed by atoms with Gasteiger partial charge in [-0.2, -0.15) is 4.98 Å². The maximum atomic E-state index is 13.0. The summed E-state index contributed by atoms with van der Waals surface area (Å²) >= 11 is 0. The molecule has 0 bridgehead atoms. The van der Waals surface area contributed by atoms with Gasteiger partial charge in [0.15, 0.2) is 5.76 Å². The summed E-state index contributed by atoms with van der Waals surface area (Å²) in [6.07, 6.45) is 10.4. The molecule has 0 aliphatic heterocycles. The Morgan fingerprint density at radius 2 is 1.97 bits per heavy atom. The summed E-state index contributed by atoms with van der Waals surface area (Å²) in [5.41, 5.74) is 2.02. The summed E-state index contributed by atoms with van der Waals surface area (Å²) in [4.78, 5) is 26.4. The number of anilines is 2. The van der Waals surface area contributed by atoms with Crippen LogP contribution < -0.4 is 16.0 Å². The zero-order valence-electron chi connectivity index (χ0n) is 20.2. The summed E-state index contributed by atoms with van der Waals surface area (Å²) in [7, 11) is 0. The van der Waals surface area contributed by atoms with E-state index in [-0.39, 0.29) is 12.0 Å². The van der Waals surface area contributed by atoms with E-state index in [0.29, 0.717) is 42.1 Å². The summed E-state index contributed by atoms with van der Waals surface area (Å²) in [5, 5.41) is 19.3. The SMILES string of the molecule is CCCCNc1ncc(C(=O)NCc2ccc(-c3ccco3)nc2)c(NCC2CCC(O)CC2)n1. The zero-order valence-corrected chi connectivity index (χ0v) is 20.2. The number of pyridine rings is 1. The van der Waals surface area contributed by atoms with Crippen molar-refractivity contribution in [2.24, 2.45) is 5.92 Å². The molecule has 4 N–H and O–H groups in total. The molecule has 1 aliphatic carbocycles. The quantitative estimate of drug-likeness (QED) is 0.302. The first kappa shape index (κ1) is 24.7. The van der Waals surface area contributed by atoms with Crippen molar-refractivity contribution < 1.29 is 14.3 Å². The van der Waals surface area contributed by atoms with Crippen molar-refractivity contribution in [1.82, 2.24) is 20.3 Å². The average molecular weight is 479 g/mol. The third-order valence-electron chi connectivity index (χ3n) is 6.27. The lowest BCUT2D eigenvalue weighted by molar-refractivity contribution is 0.0951. The highest BCUT2D eigenvalue weighted by Crippen LogP contribution is 2.25. The van der Waals surface area contributed by atoms with E-state index in [0.717, 1.165) is 56.3 Å². The van der Waals surface area contributed by atoms with E-state index >= 15 is 0 Å². The number of rotatable bonds is 11. The molecule has 35 heavy (non-hydrogen) atoms. The van der Waals surface area contributed by atoms with Crippen molar-refractivity contribution in [2.75, 3.05) is 23.7 Å². The van der Waals surface area contributed by atoms with Crippen LogP contribution in [0.1, 0.15) is 61.4 Å². The molecular formula is C26H34N6O3. The predicted molar refractivity (Wildman–Crippen MR) is 135 cm³/mol. The van der Waals surface area contributed by atoms with Gasteiger partial charge in [0, 0.05) is 32.0 Å². The van der Waals surface area contributed by atoms with Crippen LogP contribution in [0.25, 0.3) is 11.5 Å². The Balaban J connectivity index is 1.40. The number of nitrogens with one attached hydrogen (secondary N) is 3. The van der Waals surface area contributed by atoms with Crippen LogP contribution in [0.15, 0.2) is 47.3 Å². The Labute approximate surface area is 205 Å². The Kier molecular flexibility index (Phi) is 8.67. The van der Waals surface area contributed by atoms with Gasteiger partial charge in [-0.3, -0.25) is 9.78 Å². The van der Waals surface area contributed by atoms with Crippen LogP contribution in [-0.2, 0) is 6.54 Å². The Hall–Kier alpha value is -3.46. The second kappa shape index (κ2) is 12.3. The summed E-state index contributed by atoms with van der Waals surface area (Å²) in [6, 6.07) is 7.46. The molecular weight excluding hydrogens is 444 g/mol. The first-order chi connectivity index (χ1) is 17.1. The fourth-order valence-electron chi connectivity index (χ4n) is 4.11. The molecule has 4 rings (SSSR count). The third kappa shape index (κ3) is 7.02. The number of nitrogens with zero attached hydrogens (tertiary/aromatic N) is 3. The largest absolute Gasteiger partial charge is 0.463 e. The Bertz CT molecular complexity index is 1060. The van der Waals surface area contributed by atoms with E-state index in [1.54, 1.807) is 18.7 Å². The second-order valence-electron chi connectivity index (χ2n) is 9.00. The highest BCUT2D eigenvalue weighted by Gasteiger charge is 2.21. The lowest BCUT2D eigenvalue weighted by atomic mass is 9.87. The fourth-order valence-corrected chi connectivity index (χ4v) is 4.11. The molecule has 1 amide bonds. The fraction of sp³-hybridized carbons (Fsp3) is 0.462. The number of unbranched alkanes of at least 4 members (excludes halogenated alkanes) is 1. The first-order valence-corrected chi connectivity index (χ1v) is 12.4. The highest BCUT2D eigenvalue weighted by molar-refractivity contribution is 5.98. The van der Waals surface area contributed by atoms with Gasteiger partial charge < -0.3 is 25.5 Å². The van der Waals surface area contributed by atoms with Crippen molar-refractivity contribution in [2.45, 2.75) is 58.1 Å². The lowest BCUT2D eigenvalue weighted by Crippen LogP contribution is -2.27. The third-order valence-corrected chi connectivity index (χ3v) is 6.27. The van der Waals surface area contributed by atoms with Gasteiger partial charge in [0.1, 0.15) is 17.1 Å². The Morgan fingerprint density at radius 3 is 2.69 bits per heavy atom. The standard InChI is InChI=1S/C26H34N6O3/c1-2-3-12-27-26-31-17-21(24(32-26)29-14-18-6-9-20(33)10-7-18)25(34)30-16-19-8-11-22(28-15-19)23-5-4-13-35-23/h4-5,8,11,13,15,17-18,20,33H,2-3,6-7,9-10,12,14,16H2,1H3,(H,30,34)(H2,27,29,31,32). The molecule has 0 atom stereocenters. The van der Waals surface area contributed by atoms with Crippen LogP contribution in [0.3, 0.4) is 0 Å². The van der Waals surface area contributed by atoms with Crippen LogP contribution in [0.4, 0.5) is 11.8 Å². The van der Waals surface area contributed by atoms with Crippen LogP contribution in [0, 0.1) is 5.92 Å². The van der Waals surface area contributed by atoms with Gasteiger partial charge in [0.05, 0.1) is 12.4 Å². The monoisotopic (exact) mass is 478 g/mol. The number of carbonyl (C=O) groups excluding carboxylic acids is 1. The number of hydrogen-bond acceptors (Lipinski definition) is 8. The van der Waals surface area contributed by atoms with Crippen LogP contribution in [-0.4, -0.2) is 45.2 Å². The average Bonchev–Trinajstić information content (AvgIpc) is 3.43. The minimum Gasteiger partial charge on any atom is -0.463 e. The number of carbonyl (C=O) groups is 1. The molecule has 0 unspecified atom stereocenters. The van der Waals surface area contributed by atoms with Gasteiger partial charge in [0.25, 0.3) is 5.91 Å². The molecule has 9 nitrogen and oxygen atoms in total. The van der Waals surface area contributed by atoms with Crippen LogP contribution >= 0.6 is 0 Å². The van der Waals surface area contributed by atoms with Gasteiger partial charge in [-0.05, 0) is 61.8 Å². The smallest absolute Gasteiger partial charge is 0.256 e. The molecule has 3 aromatic heterocycles. The van der Waals surface area contributed by atoms with Crippen molar-refractivity contribution in [3.05, 3.63) is 54.0 Å². The number of hydrogen-bond donors (Lipinski definition) is 4. The number of aliphatic hydroxyl groups is 1. The van der Waals surface area contributed by atoms with Crippen molar-refractivity contribution >= 4 is 17.7 Å². The predicted octanol–water partition coefficient (Wildman–Crippen LogP) is 4.24. The lowest BCUT2D eigenvalue weighted by Gasteiger charge is -2.26. The molecule has 0 spiro atoms. The van der Waals surface area contributed by atoms with Gasteiger partial charge >= 0.3 is 0 Å². The van der Waals surface area contributed by atoms with Gasteiger partial charge in [0.2, 0.25) is 5.95 Å². The minimum atomic E-state index is -0.248.